The first-order chi connectivity index (χ1) is 8.77. The van der Waals surface area contributed by atoms with Gasteiger partial charge in [0, 0.05) is 10.4 Å². The van der Waals surface area contributed by atoms with Crippen LogP contribution in [-0.4, -0.2) is 5.78 Å². The van der Waals surface area contributed by atoms with Crippen LogP contribution in [0.15, 0.2) is 30.3 Å². The number of ketones is 1. The van der Waals surface area contributed by atoms with E-state index in [2.05, 4.69) is 20.8 Å². The van der Waals surface area contributed by atoms with Gasteiger partial charge in [-0.1, -0.05) is 20.8 Å². The van der Waals surface area contributed by atoms with Gasteiger partial charge < -0.3 is 0 Å². The lowest BCUT2D eigenvalue weighted by Crippen LogP contribution is -2.08. The fraction of sp³-hybridized carbons (Fsp3) is 0.312. The molecule has 0 saturated heterocycles. The van der Waals surface area contributed by atoms with Crippen molar-refractivity contribution in [1.29, 1.82) is 0 Å². The highest BCUT2D eigenvalue weighted by Gasteiger charge is 2.19. The maximum Gasteiger partial charge on any atom is 0.203 e. The lowest BCUT2D eigenvalue weighted by atomic mass is 9.95. The molecule has 0 bridgehead atoms. The van der Waals surface area contributed by atoms with Gasteiger partial charge in [-0.15, -0.1) is 11.3 Å². The molecule has 100 valence electrons. The zero-order valence-electron chi connectivity index (χ0n) is 11.6. The molecule has 0 aliphatic rings. The molecule has 1 heterocycles. The molecule has 0 amide bonds. The van der Waals surface area contributed by atoms with E-state index in [9.17, 15) is 9.18 Å². The molecule has 0 unspecified atom stereocenters. The summed E-state index contributed by atoms with van der Waals surface area (Å²) in [5.41, 5.74) is 1.21. The summed E-state index contributed by atoms with van der Waals surface area (Å²) in [7, 11) is 0. The Bertz CT molecular complexity index is 600. The number of hydrogen-bond acceptors (Lipinski definition) is 2. The molecule has 0 radical (unpaired) electrons. The standard InChI is InChI=1S/C16H17FOS/c1-10-7-11(9-12(17)8-10)15(18)13-5-6-14(19-13)16(2,3)4/h5-9H,1-4H3. The Hall–Kier alpha value is -1.48. The molecule has 0 saturated carbocycles. The molecule has 0 aliphatic carbocycles. The summed E-state index contributed by atoms with van der Waals surface area (Å²) in [4.78, 5) is 14.2. The minimum atomic E-state index is -0.365. The lowest BCUT2D eigenvalue weighted by Gasteiger charge is -2.15. The van der Waals surface area contributed by atoms with E-state index in [1.165, 1.54) is 23.5 Å². The topological polar surface area (TPSA) is 17.1 Å². The lowest BCUT2D eigenvalue weighted by molar-refractivity contribution is 0.104. The van der Waals surface area contributed by atoms with E-state index >= 15 is 0 Å². The van der Waals surface area contributed by atoms with Gasteiger partial charge in [-0.25, -0.2) is 4.39 Å². The normalized spacial score (nSPS) is 11.6. The summed E-state index contributed by atoms with van der Waals surface area (Å²) in [6.07, 6.45) is 0. The Balaban J connectivity index is 2.36. The molecule has 0 fully saturated rings. The van der Waals surface area contributed by atoms with Crippen molar-refractivity contribution >= 4 is 17.1 Å². The third kappa shape index (κ3) is 3.10. The second-order valence-corrected chi connectivity index (χ2v) is 6.84. The summed E-state index contributed by atoms with van der Waals surface area (Å²) in [6.45, 7) is 8.12. The van der Waals surface area contributed by atoms with Crippen LogP contribution in [0.4, 0.5) is 4.39 Å². The van der Waals surface area contributed by atoms with Crippen molar-refractivity contribution in [3.63, 3.8) is 0 Å². The molecule has 0 aliphatic heterocycles. The number of thiophene rings is 1. The highest BCUT2D eigenvalue weighted by atomic mass is 32.1. The Labute approximate surface area is 117 Å². The second-order valence-electron chi connectivity index (χ2n) is 5.76. The van der Waals surface area contributed by atoms with Gasteiger partial charge >= 0.3 is 0 Å². The molecule has 1 aromatic heterocycles. The molecule has 0 spiro atoms. The number of halogens is 1. The summed E-state index contributed by atoms with van der Waals surface area (Å²) in [5, 5.41) is 0. The Morgan fingerprint density at radius 1 is 1.16 bits per heavy atom. The first-order valence-corrected chi connectivity index (χ1v) is 7.01. The Morgan fingerprint density at radius 2 is 1.84 bits per heavy atom. The zero-order chi connectivity index (χ0) is 14.2. The van der Waals surface area contributed by atoms with Crippen LogP contribution < -0.4 is 0 Å². The van der Waals surface area contributed by atoms with Crippen LogP contribution in [0.25, 0.3) is 0 Å². The van der Waals surface area contributed by atoms with Crippen molar-refractivity contribution < 1.29 is 9.18 Å². The molecule has 19 heavy (non-hydrogen) atoms. The monoisotopic (exact) mass is 276 g/mol. The zero-order valence-corrected chi connectivity index (χ0v) is 12.4. The van der Waals surface area contributed by atoms with Crippen LogP contribution in [0.5, 0.6) is 0 Å². The summed E-state index contributed by atoms with van der Waals surface area (Å²) in [6, 6.07) is 8.25. The molecule has 2 aromatic rings. The number of benzene rings is 1. The van der Waals surface area contributed by atoms with Crippen molar-refractivity contribution in [2.75, 3.05) is 0 Å². The average Bonchev–Trinajstić information content (AvgIpc) is 2.75. The largest absolute Gasteiger partial charge is 0.288 e. The van der Waals surface area contributed by atoms with Gasteiger partial charge in [-0.3, -0.25) is 4.79 Å². The third-order valence-electron chi connectivity index (χ3n) is 2.87. The molecule has 2 rings (SSSR count). The Morgan fingerprint density at radius 3 is 2.37 bits per heavy atom. The molecule has 3 heteroatoms. The smallest absolute Gasteiger partial charge is 0.203 e. The van der Waals surface area contributed by atoms with Crippen LogP contribution in [-0.2, 0) is 5.41 Å². The van der Waals surface area contributed by atoms with Crippen molar-refractivity contribution in [3.05, 3.63) is 57.0 Å². The number of rotatable bonds is 2. The van der Waals surface area contributed by atoms with Crippen LogP contribution in [0.3, 0.4) is 0 Å². The fourth-order valence-corrected chi connectivity index (χ4v) is 2.90. The van der Waals surface area contributed by atoms with Gasteiger partial charge in [0.25, 0.3) is 0 Å². The van der Waals surface area contributed by atoms with E-state index in [1.807, 2.05) is 12.1 Å². The van der Waals surface area contributed by atoms with Gasteiger partial charge in [-0.2, -0.15) is 0 Å². The van der Waals surface area contributed by atoms with Crippen molar-refractivity contribution in [1.82, 2.24) is 0 Å². The maximum absolute atomic E-state index is 13.3. The first-order valence-electron chi connectivity index (χ1n) is 6.19. The molecule has 1 nitrogen and oxygen atoms in total. The minimum Gasteiger partial charge on any atom is -0.288 e. The van der Waals surface area contributed by atoms with E-state index in [4.69, 9.17) is 0 Å². The van der Waals surface area contributed by atoms with Gasteiger partial charge in [-0.05, 0) is 48.2 Å². The van der Waals surface area contributed by atoms with Crippen LogP contribution in [0.1, 0.15) is 46.4 Å². The van der Waals surface area contributed by atoms with Crippen molar-refractivity contribution in [3.8, 4) is 0 Å². The minimum absolute atomic E-state index is 0.0288. The van der Waals surface area contributed by atoms with Crippen LogP contribution in [0, 0.1) is 12.7 Å². The average molecular weight is 276 g/mol. The third-order valence-corrected chi connectivity index (χ3v) is 4.38. The number of aryl methyl sites for hydroxylation is 1. The van der Waals surface area contributed by atoms with Gasteiger partial charge in [0.1, 0.15) is 5.82 Å². The molecular formula is C16H17FOS. The fourth-order valence-electron chi connectivity index (χ4n) is 1.87. The van der Waals surface area contributed by atoms with E-state index in [1.54, 1.807) is 13.0 Å². The summed E-state index contributed by atoms with van der Waals surface area (Å²) >= 11 is 1.48. The van der Waals surface area contributed by atoms with E-state index in [0.29, 0.717) is 10.4 Å². The van der Waals surface area contributed by atoms with E-state index in [0.717, 1.165) is 10.4 Å². The van der Waals surface area contributed by atoms with Crippen molar-refractivity contribution in [2.24, 2.45) is 0 Å². The summed E-state index contributed by atoms with van der Waals surface area (Å²) in [5.74, 6) is -0.473. The summed E-state index contributed by atoms with van der Waals surface area (Å²) < 4.78 is 13.3. The maximum atomic E-state index is 13.3. The Kier molecular flexibility index (Phi) is 3.59. The first kappa shape index (κ1) is 13.9. The number of carbonyl (C=O) groups is 1. The van der Waals surface area contributed by atoms with Crippen LogP contribution in [0.2, 0.25) is 0 Å². The molecule has 0 atom stereocenters. The second kappa shape index (κ2) is 4.89. The molecule has 0 N–H and O–H groups in total. The van der Waals surface area contributed by atoms with Gasteiger partial charge in [0.2, 0.25) is 5.78 Å². The van der Waals surface area contributed by atoms with Crippen LogP contribution >= 0.6 is 11.3 Å². The highest BCUT2D eigenvalue weighted by molar-refractivity contribution is 7.14. The predicted molar refractivity (Wildman–Crippen MR) is 77.6 cm³/mol. The quantitative estimate of drug-likeness (QED) is 0.725. The van der Waals surface area contributed by atoms with Crippen molar-refractivity contribution in [2.45, 2.75) is 33.1 Å². The van der Waals surface area contributed by atoms with Gasteiger partial charge in [0.15, 0.2) is 0 Å². The van der Waals surface area contributed by atoms with E-state index in [-0.39, 0.29) is 17.0 Å². The SMILES string of the molecule is Cc1cc(F)cc(C(=O)c2ccc(C(C)(C)C)s2)c1. The molecule has 1 aromatic carbocycles. The molecular weight excluding hydrogens is 259 g/mol. The number of hydrogen-bond donors (Lipinski definition) is 0. The van der Waals surface area contributed by atoms with Gasteiger partial charge in [0.05, 0.1) is 4.88 Å². The highest BCUT2D eigenvalue weighted by Crippen LogP contribution is 2.30. The van der Waals surface area contributed by atoms with E-state index < -0.39 is 0 Å². The predicted octanol–water partition coefficient (Wildman–Crippen LogP) is 4.72. The number of carbonyl (C=O) groups excluding carboxylic acids is 1.